The molecule has 0 aliphatic carbocycles. The Labute approximate surface area is 51.7 Å². The van der Waals surface area contributed by atoms with Gasteiger partial charge in [-0.2, -0.15) is 0 Å². The molecule has 0 aliphatic rings. The Hall–Kier alpha value is 0.310. The lowest BCUT2D eigenvalue weighted by Crippen LogP contribution is -2.21. The first-order valence-electron chi connectivity index (χ1n) is 2.66. The molecule has 0 saturated heterocycles. The lowest BCUT2D eigenvalue weighted by molar-refractivity contribution is 0.635. The summed E-state index contributed by atoms with van der Waals surface area (Å²) in [6.07, 6.45) is 0. The van der Waals surface area contributed by atoms with Crippen LogP contribution in [-0.2, 0) is 0 Å². The van der Waals surface area contributed by atoms with Crippen LogP contribution in [0.4, 0.5) is 0 Å². The molecule has 0 heterocycles. The van der Waals surface area contributed by atoms with E-state index in [1.165, 1.54) is 0 Å². The molecule has 5 N–H and O–H groups in total. The molecule has 0 aromatic rings. The van der Waals surface area contributed by atoms with E-state index in [1.54, 1.807) is 0 Å². The van der Waals surface area contributed by atoms with Crippen LogP contribution in [0.25, 0.3) is 0 Å². The average molecular weight is 135 g/mol. The lowest BCUT2D eigenvalue weighted by Gasteiger charge is -2.08. The van der Waals surface area contributed by atoms with E-state index in [4.69, 9.17) is 11.0 Å². The number of nitrogens with one attached hydrogen (secondary N) is 1. The van der Waals surface area contributed by atoms with Crippen LogP contribution < -0.4 is 16.1 Å². The first kappa shape index (κ1) is 8.31. The minimum Gasteiger partial charge on any atom is -0.285 e. The highest BCUT2D eigenvalue weighted by atomic mass is 31.1. The van der Waals surface area contributed by atoms with Crippen molar-refractivity contribution in [3.05, 3.63) is 0 Å². The van der Waals surface area contributed by atoms with E-state index in [1.807, 2.05) is 0 Å². The Morgan fingerprint density at radius 1 is 1.50 bits per heavy atom. The van der Waals surface area contributed by atoms with Gasteiger partial charge in [-0.1, -0.05) is 13.8 Å². The molecule has 0 bridgehead atoms. The van der Waals surface area contributed by atoms with Gasteiger partial charge in [-0.05, 0) is 5.92 Å². The third kappa shape index (κ3) is 6.31. The van der Waals surface area contributed by atoms with Crippen molar-refractivity contribution in [1.29, 1.82) is 0 Å². The fraction of sp³-hybridized carbons (Fsp3) is 1.00. The van der Waals surface area contributed by atoms with Crippen molar-refractivity contribution in [2.24, 2.45) is 16.9 Å². The molecule has 8 heavy (non-hydrogen) atoms. The average Bonchev–Trinajstić information content (AvgIpc) is 1.61. The van der Waals surface area contributed by atoms with E-state index in [0.717, 1.165) is 6.54 Å². The second kappa shape index (κ2) is 4.21. The van der Waals surface area contributed by atoms with Gasteiger partial charge in [0.05, 0.1) is 0 Å². The Morgan fingerprint density at radius 2 is 2.00 bits per heavy atom. The molecule has 0 amide bonds. The van der Waals surface area contributed by atoms with Crippen LogP contribution in [0.2, 0.25) is 0 Å². The highest BCUT2D eigenvalue weighted by Crippen LogP contribution is 2.04. The van der Waals surface area contributed by atoms with E-state index in [9.17, 15) is 0 Å². The van der Waals surface area contributed by atoms with Gasteiger partial charge in [0.1, 0.15) is 8.37 Å². The van der Waals surface area contributed by atoms with Gasteiger partial charge in [-0.15, -0.1) is 0 Å². The minimum atomic E-state index is -0.883. The molecule has 0 saturated carbocycles. The van der Waals surface area contributed by atoms with Gasteiger partial charge in [-0.25, -0.2) is 0 Å². The zero-order valence-electron chi connectivity index (χ0n) is 5.39. The molecule has 0 radical (unpaired) electrons. The van der Waals surface area contributed by atoms with Crippen LogP contribution in [0.5, 0.6) is 0 Å². The van der Waals surface area contributed by atoms with Crippen LogP contribution in [-0.4, -0.2) is 6.54 Å². The molecule has 0 spiro atoms. The third-order valence-corrected chi connectivity index (χ3v) is 1.23. The Morgan fingerprint density at radius 3 is 2.12 bits per heavy atom. The fourth-order valence-corrected chi connectivity index (χ4v) is 0.864. The minimum absolute atomic E-state index is 0.632. The van der Waals surface area contributed by atoms with Gasteiger partial charge in [-0.3, -0.25) is 16.1 Å². The summed E-state index contributed by atoms with van der Waals surface area (Å²) in [6, 6.07) is 0. The molecule has 50 valence electrons. The van der Waals surface area contributed by atoms with Crippen molar-refractivity contribution < 1.29 is 0 Å². The van der Waals surface area contributed by atoms with Crippen LogP contribution in [0.3, 0.4) is 0 Å². The number of rotatable bonds is 3. The number of nitrogens with two attached hydrogens (primary N) is 2. The van der Waals surface area contributed by atoms with Crippen molar-refractivity contribution in [2.75, 3.05) is 6.54 Å². The molecule has 4 heteroatoms. The van der Waals surface area contributed by atoms with E-state index < -0.39 is 8.37 Å². The smallest absolute Gasteiger partial charge is 0.105 e. The normalized spacial score (nSPS) is 11.2. The Bertz CT molecular complexity index is 47.2. The molecule has 3 nitrogen and oxygen atoms in total. The van der Waals surface area contributed by atoms with Gasteiger partial charge < -0.3 is 0 Å². The predicted molar refractivity (Wildman–Crippen MR) is 38.1 cm³/mol. The zero-order valence-corrected chi connectivity index (χ0v) is 6.28. The van der Waals surface area contributed by atoms with Crippen molar-refractivity contribution in [3.8, 4) is 0 Å². The highest BCUT2D eigenvalue weighted by molar-refractivity contribution is 7.50. The summed E-state index contributed by atoms with van der Waals surface area (Å²) in [7, 11) is -0.883. The maximum Gasteiger partial charge on any atom is 0.105 e. The van der Waals surface area contributed by atoms with Crippen molar-refractivity contribution in [2.45, 2.75) is 13.8 Å². The number of hydrogen-bond acceptors (Lipinski definition) is 3. The molecule has 0 fully saturated rings. The molecule has 0 aromatic heterocycles. The zero-order chi connectivity index (χ0) is 6.57. The second-order valence-electron chi connectivity index (χ2n) is 2.16. The summed E-state index contributed by atoms with van der Waals surface area (Å²) in [5.74, 6) is 0.632. The van der Waals surface area contributed by atoms with E-state index in [-0.39, 0.29) is 0 Å². The maximum absolute atomic E-state index is 5.27. The summed E-state index contributed by atoms with van der Waals surface area (Å²) in [6.45, 7) is 5.15. The van der Waals surface area contributed by atoms with E-state index >= 15 is 0 Å². The first-order valence-corrected chi connectivity index (χ1v) is 4.14. The summed E-state index contributed by atoms with van der Waals surface area (Å²) in [5, 5.41) is 2.97. The van der Waals surface area contributed by atoms with Gasteiger partial charge in [0, 0.05) is 6.54 Å². The monoisotopic (exact) mass is 135 g/mol. The topological polar surface area (TPSA) is 64.1 Å². The number of hydrogen-bond donors (Lipinski definition) is 3. The van der Waals surface area contributed by atoms with Crippen LogP contribution >= 0.6 is 8.37 Å². The summed E-state index contributed by atoms with van der Waals surface area (Å²) in [4.78, 5) is 0. The van der Waals surface area contributed by atoms with Gasteiger partial charge in [0.2, 0.25) is 0 Å². The molecule has 0 unspecified atom stereocenters. The largest absolute Gasteiger partial charge is 0.285 e. The van der Waals surface area contributed by atoms with Crippen LogP contribution in [0.15, 0.2) is 0 Å². The van der Waals surface area contributed by atoms with Crippen LogP contribution in [0.1, 0.15) is 13.8 Å². The summed E-state index contributed by atoms with van der Waals surface area (Å²) >= 11 is 0. The van der Waals surface area contributed by atoms with Crippen LogP contribution in [0, 0.1) is 5.92 Å². The van der Waals surface area contributed by atoms with Crippen molar-refractivity contribution >= 4 is 8.37 Å². The quantitative estimate of drug-likeness (QED) is 0.490. The molecular formula is C4H14N3P. The second-order valence-corrected chi connectivity index (χ2v) is 3.29. The molecule has 0 aliphatic heterocycles. The van der Waals surface area contributed by atoms with Gasteiger partial charge >= 0.3 is 0 Å². The van der Waals surface area contributed by atoms with E-state index in [0.29, 0.717) is 5.92 Å². The van der Waals surface area contributed by atoms with Gasteiger partial charge in [0.15, 0.2) is 0 Å². The lowest BCUT2D eigenvalue weighted by atomic mass is 10.2. The first-order chi connectivity index (χ1) is 3.63. The van der Waals surface area contributed by atoms with Crippen molar-refractivity contribution in [3.63, 3.8) is 0 Å². The molecule has 0 rings (SSSR count). The maximum atomic E-state index is 5.27. The molecule has 0 aromatic carbocycles. The fourth-order valence-electron chi connectivity index (χ4n) is 0.288. The molecule has 0 atom stereocenters. The Balaban J connectivity index is 2.93. The van der Waals surface area contributed by atoms with E-state index in [2.05, 4.69) is 18.9 Å². The Kier molecular flexibility index (Phi) is 4.38. The molecular weight excluding hydrogens is 121 g/mol. The third-order valence-electron chi connectivity index (χ3n) is 0.682. The summed E-state index contributed by atoms with van der Waals surface area (Å²) in [5.41, 5.74) is 10.5. The standard InChI is InChI=1S/C4H14N3P/c1-4(2)3-7-8(5)6/h4,7H,3,5-6H2,1-2H3. The van der Waals surface area contributed by atoms with Gasteiger partial charge in [0.25, 0.3) is 0 Å². The highest BCUT2D eigenvalue weighted by Gasteiger charge is 1.94. The van der Waals surface area contributed by atoms with Crippen molar-refractivity contribution in [1.82, 2.24) is 5.09 Å². The predicted octanol–water partition coefficient (Wildman–Crippen LogP) is 0.376. The summed E-state index contributed by atoms with van der Waals surface area (Å²) < 4.78 is 0. The SMILES string of the molecule is CC(C)CNP(N)N.